The SMILES string of the molecule is CCc1ccccc1N1CCC(OC(C)=O)(c2ccccc2)CC1. The highest BCUT2D eigenvalue weighted by Crippen LogP contribution is 2.38. The quantitative estimate of drug-likeness (QED) is 0.785. The fraction of sp³-hybridized carbons (Fsp3) is 0.381. The standard InChI is InChI=1S/C21H25NO2/c1-3-18-9-7-8-12-20(18)22-15-13-21(14-16-22,24-17(2)23)19-10-5-4-6-11-19/h4-12H,3,13-16H2,1-2H3. The van der Waals surface area contributed by atoms with Crippen LogP contribution in [0.25, 0.3) is 0 Å². The number of piperidine rings is 1. The second-order valence-electron chi connectivity index (χ2n) is 6.42. The summed E-state index contributed by atoms with van der Waals surface area (Å²) >= 11 is 0. The van der Waals surface area contributed by atoms with E-state index >= 15 is 0 Å². The maximum Gasteiger partial charge on any atom is 0.303 e. The third-order valence-electron chi connectivity index (χ3n) is 4.92. The zero-order valence-corrected chi connectivity index (χ0v) is 14.5. The lowest BCUT2D eigenvalue weighted by atomic mass is 9.83. The normalized spacial score (nSPS) is 16.7. The lowest BCUT2D eigenvalue weighted by Gasteiger charge is -2.42. The molecule has 2 aromatic rings. The van der Waals surface area contributed by atoms with Crippen LogP contribution < -0.4 is 4.90 Å². The van der Waals surface area contributed by atoms with E-state index in [1.165, 1.54) is 18.2 Å². The molecule has 1 heterocycles. The molecule has 0 radical (unpaired) electrons. The van der Waals surface area contributed by atoms with Crippen LogP contribution in [-0.4, -0.2) is 19.1 Å². The van der Waals surface area contributed by atoms with E-state index in [0.717, 1.165) is 37.9 Å². The molecule has 126 valence electrons. The van der Waals surface area contributed by atoms with Gasteiger partial charge in [0, 0.05) is 38.5 Å². The van der Waals surface area contributed by atoms with E-state index in [9.17, 15) is 4.79 Å². The first-order valence-corrected chi connectivity index (χ1v) is 8.72. The molecule has 0 N–H and O–H groups in total. The molecular weight excluding hydrogens is 298 g/mol. The Bertz CT molecular complexity index is 688. The lowest BCUT2D eigenvalue weighted by Crippen LogP contribution is -2.45. The highest BCUT2D eigenvalue weighted by molar-refractivity contribution is 5.67. The van der Waals surface area contributed by atoms with E-state index in [-0.39, 0.29) is 5.97 Å². The van der Waals surface area contributed by atoms with Crippen molar-refractivity contribution in [2.75, 3.05) is 18.0 Å². The number of carbonyl (C=O) groups is 1. The van der Waals surface area contributed by atoms with Gasteiger partial charge in [-0.1, -0.05) is 55.5 Å². The Morgan fingerprint density at radius 1 is 1.04 bits per heavy atom. The first kappa shape index (κ1) is 16.6. The average molecular weight is 323 g/mol. The first-order chi connectivity index (χ1) is 11.6. The van der Waals surface area contributed by atoms with E-state index in [1.54, 1.807) is 0 Å². The molecule has 0 aromatic heterocycles. The highest BCUT2D eigenvalue weighted by atomic mass is 16.6. The predicted octanol–water partition coefficient (Wildman–Crippen LogP) is 4.31. The van der Waals surface area contributed by atoms with Gasteiger partial charge in [0.2, 0.25) is 0 Å². The molecule has 1 aliphatic heterocycles. The topological polar surface area (TPSA) is 29.5 Å². The summed E-state index contributed by atoms with van der Waals surface area (Å²) in [5, 5.41) is 0. The fourth-order valence-corrected chi connectivity index (χ4v) is 3.69. The van der Waals surface area contributed by atoms with Crippen LogP contribution in [0.5, 0.6) is 0 Å². The summed E-state index contributed by atoms with van der Waals surface area (Å²) in [7, 11) is 0. The van der Waals surface area contributed by atoms with Crippen LogP contribution in [0.3, 0.4) is 0 Å². The minimum Gasteiger partial charge on any atom is -0.454 e. The van der Waals surface area contributed by atoms with Crippen LogP contribution in [0.1, 0.15) is 37.8 Å². The van der Waals surface area contributed by atoms with Gasteiger partial charge in [-0.05, 0) is 23.6 Å². The predicted molar refractivity (Wildman–Crippen MR) is 97.2 cm³/mol. The number of nitrogens with zero attached hydrogens (tertiary/aromatic N) is 1. The Balaban J connectivity index is 1.83. The van der Waals surface area contributed by atoms with Gasteiger partial charge in [0.15, 0.2) is 0 Å². The number of hydrogen-bond acceptors (Lipinski definition) is 3. The lowest BCUT2D eigenvalue weighted by molar-refractivity contribution is -0.160. The van der Waals surface area contributed by atoms with Crippen LogP contribution in [0.2, 0.25) is 0 Å². The van der Waals surface area contributed by atoms with Gasteiger partial charge in [-0.15, -0.1) is 0 Å². The molecule has 3 rings (SSSR count). The Morgan fingerprint density at radius 3 is 2.29 bits per heavy atom. The zero-order valence-electron chi connectivity index (χ0n) is 14.5. The van der Waals surface area contributed by atoms with Gasteiger partial charge in [0.25, 0.3) is 0 Å². The molecule has 0 amide bonds. The van der Waals surface area contributed by atoms with E-state index in [0.29, 0.717) is 0 Å². The van der Waals surface area contributed by atoms with E-state index in [1.807, 2.05) is 18.2 Å². The third kappa shape index (κ3) is 3.30. The average Bonchev–Trinajstić information content (AvgIpc) is 2.62. The Morgan fingerprint density at radius 2 is 1.67 bits per heavy atom. The van der Waals surface area contributed by atoms with Crippen molar-refractivity contribution in [3.05, 3.63) is 65.7 Å². The molecule has 0 aliphatic carbocycles. The van der Waals surface area contributed by atoms with Crippen molar-refractivity contribution in [3.8, 4) is 0 Å². The fourth-order valence-electron chi connectivity index (χ4n) is 3.69. The van der Waals surface area contributed by atoms with Crippen molar-refractivity contribution >= 4 is 11.7 Å². The zero-order chi connectivity index (χ0) is 17.0. The van der Waals surface area contributed by atoms with Gasteiger partial charge in [-0.2, -0.15) is 0 Å². The summed E-state index contributed by atoms with van der Waals surface area (Å²) in [6.45, 7) is 5.47. The molecule has 0 unspecified atom stereocenters. The minimum absolute atomic E-state index is 0.207. The van der Waals surface area contributed by atoms with Crippen LogP contribution >= 0.6 is 0 Å². The summed E-state index contributed by atoms with van der Waals surface area (Å²) in [5.41, 5.74) is 3.29. The number of esters is 1. The summed E-state index contributed by atoms with van der Waals surface area (Å²) in [6, 6.07) is 18.7. The molecule has 24 heavy (non-hydrogen) atoms. The van der Waals surface area contributed by atoms with Crippen LogP contribution in [0.4, 0.5) is 5.69 Å². The maximum atomic E-state index is 11.7. The number of hydrogen-bond donors (Lipinski definition) is 0. The second kappa shape index (κ2) is 7.08. The molecule has 0 saturated carbocycles. The summed E-state index contributed by atoms with van der Waals surface area (Å²) in [5.74, 6) is -0.207. The third-order valence-corrected chi connectivity index (χ3v) is 4.92. The second-order valence-corrected chi connectivity index (χ2v) is 6.42. The van der Waals surface area contributed by atoms with Crippen LogP contribution in [-0.2, 0) is 21.6 Å². The van der Waals surface area contributed by atoms with Crippen LogP contribution in [0.15, 0.2) is 54.6 Å². The number of ether oxygens (including phenoxy) is 1. The molecule has 1 fully saturated rings. The van der Waals surface area contributed by atoms with Crippen molar-refractivity contribution in [3.63, 3.8) is 0 Å². The molecule has 0 spiro atoms. The van der Waals surface area contributed by atoms with E-state index in [4.69, 9.17) is 4.74 Å². The Kier molecular flexibility index (Phi) is 4.89. The van der Waals surface area contributed by atoms with Crippen LogP contribution in [0, 0.1) is 0 Å². The molecule has 3 heteroatoms. The molecule has 0 bridgehead atoms. The van der Waals surface area contributed by atoms with Crippen molar-refractivity contribution in [2.45, 2.75) is 38.7 Å². The summed E-state index contributed by atoms with van der Waals surface area (Å²) in [4.78, 5) is 14.1. The van der Waals surface area contributed by atoms with Crippen molar-refractivity contribution in [1.29, 1.82) is 0 Å². The number of para-hydroxylation sites is 1. The van der Waals surface area contributed by atoms with Crippen molar-refractivity contribution in [2.24, 2.45) is 0 Å². The van der Waals surface area contributed by atoms with Gasteiger partial charge in [-0.25, -0.2) is 0 Å². The number of anilines is 1. The van der Waals surface area contributed by atoms with Gasteiger partial charge in [-0.3, -0.25) is 4.79 Å². The Labute approximate surface area is 144 Å². The van der Waals surface area contributed by atoms with Gasteiger partial charge in [0.1, 0.15) is 5.60 Å². The monoisotopic (exact) mass is 323 g/mol. The maximum absolute atomic E-state index is 11.7. The van der Waals surface area contributed by atoms with E-state index < -0.39 is 5.60 Å². The van der Waals surface area contributed by atoms with Gasteiger partial charge >= 0.3 is 5.97 Å². The number of aryl methyl sites for hydroxylation is 1. The molecule has 0 atom stereocenters. The molecule has 1 saturated heterocycles. The smallest absolute Gasteiger partial charge is 0.303 e. The summed E-state index contributed by atoms with van der Waals surface area (Å²) in [6.07, 6.45) is 2.66. The van der Waals surface area contributed by atoms with Gasteiger partial charge < -0.3 is 9.64 Å². The minimum atomic E-state index is -0.495. The highest BCUT2D eigenvalue weighted by Gasteiger charge is 2.39. The molecular formula is C21H25NO2. The van der Waals surface area contributed by atoms with Gasteiger partial charge in [0.05, 0.1) is 0 Å². The van der Waals surface area contributed by atoms with E-state index in [2.05, 4.69) is 48.2 Å². The van der Waals surface area contributed by atoms with Crippen molar-refractivity contribution < 1.29 is 9.53 Å². The number of rotatable bonds is 4. The number of carbonyl (C=O) groups excluding carboxylic acids is 1. The number of benzene rings is 2. The largest absolute Gasteiger partial charge is 0.454 e. The molecule has 1 aliphatic rings. The first-order valence-electron chi connectivity index (χ1n) is 8.72. The summed E-state index contributed by atoms with van der Waals surface area (Å²) < 4.78 is 5.84. The Hall–Kier alpha value is -2.29. The van der Waals surface area contributed by atoms with Crippen molar-refractivity contribution in [1.82, 2.24) is 0 Å². The molecule has 2 aromatic carbocycles. The molecule has 3 nitrogen and oxygen atoms in total.